The van der Waals surface area contributed by atoms with Gasteiger partial charge in [-0.1, -0.05) is 25.0 Å². The van der Waals surface area contributed by atoms with E-state index in [4.69, 9.17) is 15.7 Å². The molecule has 4 rings (SSSR count). The first-order chi connectivity index (χ1) is 14.0. The smallest absolute Gasteiger partial charge is 0.225 e. The molecule has 156 valence electrons. The van der Waals surface area contributed by atoms with Gasteiger partial charge in [0, 0.05) is 23.3 Å². The van der Waals surface area contributed by atoms with Gasteiger partial charge in [-0.3, -0.25) is 5.32 Å². The summed E-state index contributed by atoms with van der Waals surface area (Å²) in [6, 6.07) is 8.56. The van der Waals surface area contributed by atoms with Crippen LogP contribution in [0.15, 0.2) is 24.3 Å². The summed E-state index contributed by atoms with van der Waals surface area (Å²) in [6.45, 7) is 4.05. The van der Waals surface area contributed by atoms with Gasteiger partial charge >= 0.3 is 0 Å². The van der Waals surface area contributed by atoms with Crippen molar-refractivity contribution in [3.8, 4) is 0 Å². The highest BCUT2D eigenvalue weighted by atomic mass is 16.3. The molecule has 0 bridgehead atoms. The molecule has 29 heavy (non-hydrogen) atoms. The molecule has 6 N–H and O–H groups in total. The second-order valence-electron chi connectivity index (χ2n) is 8.48. The van der Waals surface area contributed by atoms with E-state index in [1.165, 1.54) is 18.4 Å². The summed E-state index contributed by atoms with van der Waals surface area (Å²) in [7, 11) is 0. The first-order valence-electron chi connectivity index (χ1n) is 10.6. The van der Waals surface area contributed by atoms with E-state index in [9.17, 15) is 5.11 Å². The van der Waals surface area contributed by atoms with E-state index in [0.29, 0.717) is 5.95 Å². The lowest BCUT2D eigenvalue weighted by atomic mass is 9.91. The van der Waals surface area contributed by atoms with Crippen molar-refractivity contribution in [1.29, 1.82) is 0 Å². The number of aryl methyl sites for hydroxylation is 1. The largest absolute Gasteiger partial charge is 0.381 e. The third-order valence-corrected chi connectivity index (χ3v) is 6.18. The quantitative estimate of drug-likeness (QED) is 0.458. The molecule has 1 heterocycles. The molecular weight excluding hydrogens is 364 g/mol. The number of aliphatic hydroxyl groups is 1. The highest BCUT2D eigenvalue weighted by Crippen LogP contribution is 2.47. The molecule has 0 amide bonds. The van der Waals surface area contributed by atoms with Gasteiger partial charge in [0.25, 0.3) is 0 Å². The summed E-state index contributed by atoms with van der Waals surface area (Å²) in [5.74, 6) is 1.40. The van der Waals surface area contributed by atoms with Crippen LogP contribution in [0.25, 0.3) is 0 Å². The van der Waals surface area contributed by atoms with E-state index in [2.05, 4.69) is 35.0 Å². The lowest BCUT2D eigenvalue weighted by Crippen LogP contribution is -2.43. The lowest BCUT2D eigenvalue weighted by Gasteiger charge is -2.30. The Balaban J connectivity index is 1.69. The molecule has 2 aliphatic carbocycles. The number of aliphatic hydroxyl groups excluding tert-OH is 1. The molecule has 1 aromatic carbocycles. The number of benzene rings is 1. The molecule has 7 nitrogen and oxygen atoms in total. The Labute approximate surface area is 172 Å². The molecule has 1 aromatic heterocycles. The summed E-state index contributed by atoms with van der Waals surface area (Å²) >= 11 is 0. The number of rotatable bonds is 7. The second kappa shape index (κ2) is 8.26. The van der Waals surface area contributed by atoms with Gasteiger partial charge in [-0.05, 0) is 57.2 Å². The standard InChI is InChI=1S/C22H32N6O/c1-14-6-5-7-16(12-14)25-20-15(2)19(22(10-11-22)24-13-29)27-21(28-20)26-18-9-4-3-8-17(18)23/h5-7,12,17-18,24,29H,3-4,8-11,13,23H2,1-2H3,(H2,25,26,27,28)/t17-,18+/m0/s1. The van der Waals surface area contributed by atoms with E-state index in [-0.39, 0.29) is 24.4 Å². The first kappa shape index (κ1) is 20.1. The topological polar surface area (TPSA) is 108 Å². The Kier molecular flexibility index (Phi) is 5.72. The molecule has 0 spiro atoms. The molecule has 2 saturated carbocycles. The van der Waals surface area contributed by atoms with E-state index in [1.54, 1.807) is 0 Å². The minimum atomic E-state index is -0.268. The zero-order valence-electron chi connectivity index (χ0n) is 17.3. The second-order valence-corrected chi connectivity index (χ2v) is 8.48. The van der Waals surface area contributed by atoms with Crippen LogP contribution >= 0.6 is 0 Å². The molecule has 2 aliphatic rings. The van der Waals surface area contributed by atoms with Crippen molar-refractivity contribution in [2.24, 2.45) is 5.73 Å². The lowest BCUT2D eigenvalue weighted by molar-refractivity contribution is 0.233. The number of anilines is 3. The van der Waals surface area contributed by atoms with Crippen LogP contribution in [0.1, 0.15) is 55.3 Å². The Bertz CT molecular complexity index is 866. The predicted molar refractivity (Wildman–Crippen MR) is 116 cm³/mol. The fourth-order valence-electron chi connectivity index (χ4n) is 4.31. The normalized spacial score (nSPS) is 22.9. The molecule has 0 saturated heterocycles. The maximum absolute atomic E-state index is 9.49. The number of nitrogens with two attached hydrogens (primary N) is 1. The van der Waals surface area contributed by atoms with Gasteiger partial charge in [0.05, 0.1) is 18.0 Å². The van der Waals surface area contributed by atoms with Crippen LogP contribution in [0.5, 0.6) is 0 Å². The van der Waals surface area contributed by atoms with Gasteiger partial charge < -0.3 is 21.5 Å². The van der Waals surface area contributed by atoms with Crippen LogP contribution in [-0.4, -0.2) is 33.9 Å². The van der Waals surface area contributed by atoms with Crippen molar-refractivity contribution in [3.05, 3.63) is 41.1 Å². The third kappa shape index (κ3) is 4.37. The third-order valence-electron chi connectivity index (χ3n) is 6.18. The van der Waals surface area contributed by atoms with Gasteiger partial charge in [-0.15, -0.1) is 0 Å². The van der Waals surface area contributed by atoms with Crippen LogP contribution in [0.4, 0.5) is 17.5 Å². The minimum absolute atomic E-state index is 0.0691. The van der Waals surface area contributed by atoms with Gasteiger partial charge in [0.1, 0.15) is 5.82 Å². The number of nitrogens with one attached hydrogen (secondary N) is 3. The zero-order chi connectivity index (χ0) is 20.4. The number of aromatic nitrogens is 2. The van der Waals surface area contributed by atoms with E-state index in [0.717, 1.165) is 48.4 Å². The number of hydrogen-bond acceptors (Lipinski definition) is 7. The van der Waals surface area contributed by atoms with Crippen molar-refractivity contribution in [2.45, 2.75) is 70.0 Å². The summed E-state index contributed by atoms with van der Waals surface area (Å²) in [5, 5.41) is 19.7. The van der Waals surface area contributed by atoms with E-state index >= 15 is 0 Å². The monoisotopic (exact) mass is 396 g/mol. The van der Waals surface area contributed by atoms with Crippen molar-refractivity contribution in [3.63, 3.8) is 0 Å². The Hall–Kier alpha value is -2.22. The fourth-order valence-corrected chi connectivity index (χ4v) is 4.31. The highest BCUT2D eigenvalue weighted by molar-refractivity contribution is 5.63. The highest BCUT2D eigenvalue weighted by Gasteiger charge is 2.47. The number of hydrogen-bond donors (Lipinski definition) is 5. The molecule has 0 radical (unpaired) electrons. The minimum Gasteiger partial charge on any atom is -0.381 e. The summed E-state index contributed by atoms with van der Waals surface area (Å²) in [4.78, 5) is 9.69. The molecule has 0 unspecified atom stereocenters. The molecule has 2 aromatic rings. The SMILES string of the molecule is Cc1cccc(Nc2nc(N[C@@H]3CCCC[C@@H]3N)nc(C3(NCO)CC3)c2C)c1. The molecule has 7 heteroatoms. The van der Waals surface area contributed by atoms with Crippen LogP contribution in [0.2, 0.25) is 0 Å². The van der Waals surface area contributed by atoms with Crippen molar-refractivity contribution >= 4 is 17.5 Å². The van der Waals surface area contributed by atoms with Gasteiger partial charge in [-0.25, -0.2) is 4.98 Å². The molecule has 2 fully saturated rings. The van der Waals surface area contributed by atoms with E-state index < -0.39 is 0 Å². The average Bonchev–Trinajstić information content (AvgIpc) is 3.47. The molecule has 0 aliphatic heterocycles. The fraction of sp³-hybridized carbons (Fsp3) is 0.545. The van der Waals surface area contributed by atoms with Crippen LogP contribution in [-0.2, 0) is 5.54 Å². The maximum Gasteiger partial charge on any atom is 0.225 e. The zero-order valence-corrected chi connectivity index (χ0v) is 17.3. The Morgan fingerprint density at radius 3 is 2.66 bits per heavy atom. The van der Waals surface area contributed by atoms with Crippen LogP contribution < -0.4 is 21.7 Å². The van der Waals surface area contributed by atoms with Gasteiger partial charge in [-0.2, -0.15) is 4.98 Å². The Morgan fingerprint density at radius 1 is 1.17 bits per heavy atom. The van der Waals surface area contributed by atoms with Crippen molar-refractivity contribution in [2.75, 3.05) is 17.4 Å². The Morgan fingerprint density at radius 2 is 1.97 bits per heavy atom. The van der Waals surface area contributed by atoms with Crippen LogP contribution in [0.3, 0.4) is 0 Å². The summed E-state index contributed by atoms with van der Waals surface area (Å²) in [5.41, 5.74) is 10.2. The average molecular weight is 397 g/mol. The summed E-state index contributed by atoms with van der Waals surface area (Å²) < 4.78 is 0. The molecular formula is C22H32N6O. The van der Waals surface area contributed by atoms with Crippen LogP contribution in [0, 0.1) is 13.8 Å². The number of nitrogens with zero attached hydrogens (tertiary/aromatic N) is 2. The van der Waals surface area contributed by atoms with Crippen molar-refractivity contribution < 1.29 is 5.11 Å². The van der Waals surface area contributed by atoms with Crippen molar-refractivity contribution in [1.82, 2.24) is 15.3 Å². The first-order valence-corrected chi connectivity index (χ1v) is 10.6. The maximum atomic E-state index is 9.49. The van der Waals surface area contributed by atoms with Gasteiger partial charge in [0.15, 0.2) is 0 Å². The van der Waals surface area contributed by atoms with Gasteiger partial charge in [0.2, 0.25) is 5.95 Å². The van der Waals surface area contributed by atoms with E-state index in [1.807, 2.05) is 19.1 Å². The molecule has 2 atom stereocenters. The predicted octanol–water partition coefficient (Wildman–Crippen LogP) is 3.05. The summed E-state index contributed by atoms with van der Waals surface area (Å²) in [6.07, 6.45) is 6.34.